The Balaban J connectivity index is 1.08. The normalized spacial score (nSPS) is 23.5. The van der Waals surface area contributed by atoms with E-state index in [9.17, 15) is 14.7 Å². The number of anilines is 3. The van der Waals surface area contributed by atoms with E-state index in [-0.39, 0.29) is 54.8 Å². The van der Waals surface area contributed by atoms with Crippen LogP contribution in [0.15, 0.2) is 121 Å². The number of methoxy groups -OCH3 is 1. The third kappa shape index (κ3) is 6.34. The topological polar surface area (TPSA) is 109 Å². The van der Waals surface area contributed by atoms with Crippen molar-refractivity contribution in [3.05, 3.63) is 138 Å². The predicted octanol–water partition coefficient (Wildman–Crippen LogP) is 7.92. The van der Waals surface area contributed by atoms with Crippen molar-refractivity contribution in [2.75, 3.05) is 30.1 Å². The van der Waals surface area contributed by atoms with Crippen molar-refractivity contribution in [2.45, 2.75) is 69.1 Å². The molecule has 1 N–H and O–H groups in total. The molecule has 4 aliphatic heterocycles. The summed E-state index contributed by atoms with van der Waals surface area (Å²) in [7, 11) is -0.838. The molecule has 0 aromatic heterocycles. The lowest BCUT2D eigenvalue weighted by atomic mass is 9.82. The molecule has 9 rings (SSSR count). The van der Waals surface area contributed by atoms with Crippen molar-refractivity contribution in [1.82, 2.24) is 4.90 Å². The van der Waals surface area contributed by atoms with Crippen LogP contribution >= 0.6 is 0 Å². The number of hydrogen-bond donors (Lipinski definition) is 1. The molecular formula is C48H49N3O7Si. The summed E-state index contributed by atoms with van der Waals surface area (Å²) in [6.07, 6.45) is 1.20. The lowest BCUT2D eigenvalue weighted by molar-refractivity contribution is -0.150. The number of carbonyl (C=O) groups excluding carboxylic acids is 3. The van der Waals surface area contributed by atoms with Gasteiger partial charge in [-0.2, -0.15) is 0 Å². The van der Waals surface area contributed by atoms with Crippen molar-refractivity contribution in [3.8, 4) is 17.2 Å². The Hall–Kier alpha value is -5.75. The number of aliphatic hydroxyl groups is 1. The number of amides is 3. The maximum absolute atomic E-state index is 15.5. The van der Waals surface area contributed by atoms with E-state index in [0.717, 1.165) is 35.4 Å². The van der Waals surface area contributed by atoms with E-state index in [1.54, 1.807) is 29.0 Å². The quantitative estimate of drug-likeness (QED) is 0.151. The molecule has 0 saturated carbocycles. The first-order valence-electron chi connectivity index (χ1n) is 20.5. The van der Waals surface area contributed by atoms with Crippen LogP contribution in [0.2, 0.25) is 18.6 Å². The third-order valence-electron chi connectivity index (χ3n) is 13.2. The van der Waals surface area contributed by atoms with Crippen LogP contribution in [0.4, 0.5) is 17.1 Å². The molecule has 5 aromatic carbocycles. The number of fused-ring (bicyclic) bond motifs is 4. The van der Waals surface area contributed by atoms with E-state index in [0.29, 0.717) is 35.0 Å². The van der Waals surface area contributed by atoms with Crippen molar-refractivity contribution >= 4 is 48.0 Å². The minimum atomic E-state index is -2.49. The number of rotatable bonds is 9. The number of likely N-dealkylation sites (tertiary alicyclic amines) is 1. The first-order valence-corrected chi connectivity index (χ1v) is 23.6. The Labute approximate surface area is 345 Å². The summed E-state index contributed by atoms with van der Waals surface area (Å²) < 4.78 is 19.0. The second-order valence-electron chi connectivity index (χ2n) is 16.7. The van der Waals surface area contributed by atoms with Crippen LogP contribution in [0.25, 0.3) is 0 Å². The van der Waals surface area contributed by atoms with Gasteiger partial charge in [0.2, 0.25) is 5.91 Å². The summed E-state index contributed by atoms with van der Waals surface area (Å²) in [5, 5.41) is 11.3. The maximum Gasteiger partial charge on any atom is 0.266 e. The van der Waals surface area contributed by atoms with Crippen molar-refractivity contribution in [2.24, 2.45) is 5.92 Å². The van der Waals surface area contributed by atoms with Gasteiger partial charge < -0.3 is 29.1 Å². The lowest BCUT2D eigenvalue weighted by Gasteiger charge is -2.37. The molecule has 2 fully saturated rings. The SMILES string of the molecule is COc1ccc([Si](C)(C)[C@@H]2[C@@H](CC(=O)N3CCC[C@H]3CO)O[C@]3(C(=O)N(Cc4cccc(N5C(=O)c6ccccc6Oc6ccccc65)c4)c4ccccc43)[C@H]2C)cc1. The van der Waals surface area contributed by atoms with Crippen LogP contribution in [-0.2, 0) is 26.5 Å². The molecule has 4 aliphatic rings. The lowest BCUT2D eigenvalue weighted by Crippen LogP contribution is -2.52. The molecule has 5 aromatic rings. The third-order valence-corrected chi connectivity index (χ3v) is 17.5. The minimum Gasteiger partial charge on any atom is -0.497 e. The van der Waals surface area contributed by atoms with Gasteiger partial charge in [0.15, 0.2) is 11.4 Å². The van der Waals surface area contributed by atoms with Gasteiger partial charge in [0.1, 0.15) is 11.5 Å². The fourth-order valence-corrected chi connectivity index (χ4v) is 14.3. The molecule has 5 atom stereocenters. The zero-order chi connectivity index (χ0) is 41.1. The Bertz CT molecular complexity index is 2440. The molecule has 3 amide bonds. The van der Waals surface area contributed by atoms with E-state index in [4.69, 9.17) is 14.2 Å². The standard InChI is InChI=1S/C48H49N3O7Si/c1-31-45(59(3,4)36-24-22-35(56-2)23-25-36)43(28-44(53)49-26-12-15-34(49)30-52)58-48(31)38-17-6-7-18-39(38)50(47(48)55)29-32-13-11-14-33(27-32)51-40-19-8-10-21-42(40)57-41-20-9-5-16-37(41)46(51)54/h5-11,13-14,16-25,27,31,34,43,45,52H,12,15,26,28-30H2,1-4H3/t31-,34-,43+,45-,48+/m0/s1. The number of ether oxygens (including phenoxy) is 3. The van der Waals surface area contributed by atoms with Crippen LogP contribution in [0.3, 0.4) is 0 Å². The molecule has 4 heterocycles. The second-order valence-corrected chi connectivity index (χ2v) is 21.4. The summed E-state index contributed by atoms with van der Waals surface area (Å²) in [4.78, 5) is 49.2. The van der Waals surface area contributed by atoms with E-state index >= 15 is 4.79 Å². The molecule has 0 radical (unpaired) electrons. The van der Waals surface area contributed by atoms with Crippen molar-refractivity contribution < 1.29 is 33.7 Å². The molecule has 302 valence electrons. The van der Waals surface area contributed by atoms with E-state index in [1.807, 2.05) is 102 Å². The predicted molar refractivity (Wildman–Crippen MR) is 230 cm³/mol. The van der Waals surface area contributed by atoms with E-state index < -0.39 is 19.8 Å². The molecule has 10 nitrogen and oxygen atoms in total. The Morgan fingerprint density at radius 1 is 0.881 bits per heavy atom. The van der Waals surface area contributed by atoms with Gasteiger partial charge in [0, 0.05) is 23.7 Å². The highest BCUT2D eigenvalue weighted by Gasteiger charge is 2.66. The number of nitrogens with zero attached hydrogens (tertiary/aromatic N) is 3. The molecule has 0 unspecified atom stereocenters. The summed E-state index contributed by atoms with van der Waals surface area (Å²) >= 11 is 0. The first-order chi connectivity index (χ1) is 28.6. The summed E-state index contributed by atoms with van der Waals surface area (Å²) in [6.45, 7) is 7.50. The average molecular weight is 808 g/mol. The molecule has 59 heavy (non-hydrogen) atoms. The Kier molecular flexibility index (Phi) is 9.93. The van der Waals surface area contributed by atoms with Gasteiger partial charge in [0.25, 0.3) is 11.8 Å². The van der Waals surface area contributed by atoms with Crippen LogP contribution in [0, 0.1) is 5.92 Å². The monoisotopic (exact) mass is 807 g/mol. The van der Waals surface area contributed by atoms with Gasteiger partial charge in [-0.1, -0.05) is 91.9 Å². The van der Waals surface area contributed by atoms with Crippen molar-refractivity contribution in [1.29, 1.82) is 0 Å². The number of hydrogen-bond acceptors (Lipinski definition) is 7. The highest BCUT2D eigenvalue weighted by Crippen LogP contribution is 2.60. The second kappa shape index (κ2) is 15.1. The molecule has 0 bridgehead atoms. The highest BCUT2D eigenvalue weighted by molar-refractivity contribution is 6.91. The van der Waals surface area contributed by atoms with Gasteiger partial charge in [-0.05, 0) is 78.5 Å². The van der Waals surface area contributed by atoms with Gasteiger partial charge in [-0.25, -0.2) is 0 Å². The Morgan fingerprint density at radius 3 is 2.36 bits per heavy atom. The van der Waals surface area contributed by atoms with Crippen LogP contribution < -0.4 is 24.5 Å². The molecule has 11 heteroatoms. The Morgan fingerprint density at radius 2 is 1.59 bits per heavy atom. The molecular weight excluding hydrogens is 759 g/mol. The zero-order valence-electron chi connectivity index (χ0n) is 33.8. The van der Waals surface area contributed by atoms with Crippen LogP contribution in [0.1, 0.15) is 47.7 Å². The van der Waals surface area contributed by atoms with Crippen LogP contribution in [0.5, 0.6) is 17.2 Å². The number of benzene rings is 5. The summed E-state index contributed by atoms with van der Waals surface area (Å²) in [5.74, 6) is 1.11. The first kappa shape index (κ1) is 38.7. The average Bonchev–Trinajstić information content (AvgIpc) is 3.89. The summed E-state index contributed by atoms with van der Waals surface area (Å²) in [6, 6.07) is 38.3. The largest absolute Gasteiger partial charge is 0.497 e. The number of para-hydroxylation sites is 4. The maximum atomic E-state index is 15.5. The van der Waals surface area contributed by atoms with Gasteiger partial charge in [0.05, 0.1) is 63.8 Å². The van der Waals surface area contributed by atoms with E-state index in [1.165, 1.54) is 5.19 Å². The number of aliphatic hydroxyl groups excluding tert-OH is 1. The highest BCUT2D eigenvalue weighted by atomic mass is 28.3. The van der Waals surface area contributed by atoms with Gasteiger partial charge >= 0.3 is 0 Å². The molecule has 0 aliphatic carbocycles. The zero-order valence-corrected chi connectivity index (χ0v) is 34.8. The van der Waals surface area contributed by atoms with E-state index in [2.05, 4.69) is 32.2 Å². The van der Waals surface area contributed by atoms with Gasteiger partial charge in [-0.3, -0.25) is 19.3 Å². The van der Waals surface area contributed by atoms with Gasteiger partial charge in [-0.15, -0.1) is 0 Å². The van der Waals surface area contributed by atoms with Crippen LogP contribution in [-0.4, -0.2) is 68.2 Å². The minimum absolute atomic E-state index is 0.0506. The molecule has 2 saturated heterocycles. The fourth-order valence-electron chi connectivity index (χ4n) is 10.3. The summed E-state index contributed by atoms with van der Waals surface area (Å²) in [5.41, 5.74) is 2.67. The smallest absolute Gasteiger partial charge is 0.266 e. The fraction of sp³-hybridized carbons (Fsp3) is 0.312. The molecule has 1 spiro atoms. The van der Waals surface area contributed by atoms with Crippen molar-refractivity contribution in [3.63, 3.8) is 0 Å². The number of carbonyl (C=O) groups is 3.